The van der Waals surface area contributed by atoms with Crippen molar-refractivity contribution in [3.8, 4) is 10.6 Å². The van der Waals surface area contributed by atoms with Crippen molar-refractivity contribution in [1.29, 1.82) is 0 Å². The van der Waals surface area contributed by atoms with Crippen LogP contribution < -0.4 is 10.6 Å². The number of hydrogen-bond acceptors (Lipinski definition) is 8. The lowest BCUT2D eigenvalue weighted by atomic mass is 10.0. The maximum atomic E-state index is 12.5. The fraction of sp³-hybridized carbons (Fsp3) is 0.333. The van der Waals surface area contributed by atoms with Gasteiger partial charge in [0.05, 0.1) is 29.6 Å². The summed E-state index contributed by atoms with van der Waals surface area (Å²) in [6.45, 7) is 5.03. The van der Waals surface area contributed by atoms with Crippen molar-refractivity contribution < 1.29 is 23.9 Å². The van der Waals surface area contributed by atoms with E-state index in [0.29, 0.717) is 10.6 Å². The number of carbonyl (C=O) groups excluding carboxylic acids is 3. The number of amides is 2. The fourth-order valence-electron chi connectivity index (χ4n) is 2.69. The molecule has 0 radical (unpaired) electrons. The average molecular weight is 422 g/mol. The smallest absolute Gasteiger partial charge is 0.350 e. The predicted molar refractivity (Wildman–Crippen MR) is 105 cm³/mol. The monoisotopic (exact) mass is 421 g/mol. The second kappa shape index (κ2) is 8.53. The Morgan fingerprint density at radius 2 is 2.07 bits per heavy atom. The van der Waals surface area contributed by atoms with E-state index >= 15 is 0 Å². The number of nitrogens with zero attached hydrogens (tertiary/aromatic N) is 1. The van der Waals surface area contributed by atoms with Crippen LogP contribution >= 0.6 is 22.7 Å². The number of aryl methyl sites for hydroxylation is 1. The summed E-state index contributed by atoms with van der Waals surface area (Å²) in [6, 6.07) is 0.901. The topological polar surface area (TPSA) is 107 Å². The van der Waals surface area contributed by atoms with Crippen molar-refractivity contribution in [3.63, 3.8) is 0 Å². The lowest BCUT2D eigenvalue weighted by molar-refractivity contribution is -0.139. The van der Waals surface area contributed by atoms with E-state index in [2.05, 4.69) is 15.6 Å². The number of aromatic nitrogens is 1. The van der Waals surface area contributed by atoms with Gasteiger partial charge in [0.15, 0.2) is 0 Å². The highest BCUT2D eigenvalue weighted by Gasteiger charge is 2.30. The van der Waals surface area contributed by atoms with Gasteiger partial charge >= 0.3 is 18.0 Å². The van der Waals surface area contributed by atoms with Gasteiger partial charge in [-0.05, 0) is 32.2 Å². The lowest BCUT2D eigenvalue weighted by Gasteiger charge is -2.26. The predicted octanol–water partition coefficient (Wildman–Crippen LogP) is 2.86. The molecule has 0 fully saturated rings. The summed E-state index contributed by atoms with van der Waals surface area (Å²) < 4.78 is 10.4. The third-order valence-corrected chi connectivity index (χ3v) is 5.83. The van der Waals surface area contributed by atoms with Gasteiger partial charge in [-0.3, -0.25) is 0 Å². The van der Waals surface area contributed by atoms with Crippen LogP contribution in [-0.2, 0) is 14.3 Å². The first-order chi connectivity index (χ1) is 13.4. The Morgan fingerprint density at radius 1 is 1.29 bits per heavy atom. The molecule has 1 aliphatic rings. The number of urea groups is 1. The Bertz CT molecular complexity index is 933. The summed E-state index contributed by atoms with van der Waals surface area (Å²) in [5, 5.41) is 9.75. The Morgan fingerprint density at radius 3 is 2.75 bits per heavy atom. The number of esters is 2. The van der Waals surface area contributed by atoms with E-state index in [4.69, 9.17) is 9.47 Å². The summed E-state index contributed by atoms with van der Waals surface area (Å²) >= 11 is 2.79. The minimum Gasteiger partial charge on any atom is -0.463 e. The van der Waals surface area contributed by atoms with Gasteiger partial charge in [-0.15, -0.1) is 11.3 Å². The molecule has 1 atom stereocenters. The molecule has 0 aromatic carbocycles. The Balaban J connectivity index is 1.77. The van der Waals surface area contributed by atoms with Crippen LogP contribution in [0.15, 0.2) is 28.1 Å². The van der Waals surface area contributed by atoms with E-state index in [0.717, 1.165) is 10.6 Å². The Kier molecular flexibility index (Phi) is 6.10. The van der Waals surface area contributed by atoms with Crippen molar-refractivity contribution in [2.45, 2.75) is 26.8 Å². The molecule has 1 aliphatic heterocycles. The van der Waals surface area contributed by atoms with Crippen LogP contribution in [0.4, 0.5) is 4.79 Å². The highest BCUT2D eigenvalue weighted by Crippen LogP contribution is 2.30. The molecule has 0 spiro atoms. The van der Waals surface area contributed by atoms with Gasteiger partial charge in [0.1, 0.15) is 16.5 Å². The summed E-state index contributed by atoms with van der Waals surface area (Å²) in [5.41, 5.74) is 1.96. The van der Waals surface area contributed by atoms with Gasteiger partial charge in [-0.2, -0.15) is 11.3 Å². The van der Waals surface area contributed by atoms with E-state index < -0.39 is 24.0 Å². The number of thiophene rings is 1. The van der Waals surface area contributed by atoms with E-state index in [1.807, 2.05) is 16.8 Å². The minimum atomic E-state index is -0.567. The SMILES string of the molecule is CCOC(=O)C1=C(COC(=O)c2sc(-c3ccsc3)nc2C)NC(=O)NC1C. The first-order valence-electron chi connectivity index (χ1n) is 8.55. The molecule has 28 heavy (non-hydrogen) atoms. The summed E-state index contributed by atoms with van der Waals surface area (Å²) in [7, 11) is 0. The average Bonchev–Trinajstić information content (AvgIpc) is 3.28. The van der Waals surface area contributed by atoms with Gasteiger partial charge in [-0.1, -0.05) is 0 Å². The highest BCUT2D eigenvalue weighted by atomic mass is 32.1. The van der Waals surface area contributed by atoms with Gasteiger partial charge < -0.3 is 20.1 Å². The normalized spacial score (nSPS) is 16.4. The first-order valence-corrected chi connectivity index (χ1v) is 10.3. The van der Waals surface area contributed by atoms with Crippen LogP contribution in [0.25, 0.3) is 10.6 Å². The molecule has 2 aromatic rings. The van der Waals surface area contributed by atoms with E-state index in [-0.39, 0.29) is 24.5 Å². The number of carbonyl (C=O) groups is 3. The number of rotatable bonds is 6. The molecule has 0 aliphatic carbocycles. The van der Waals surface area contributed by atoms with Crippen molar-refractivity contribution in [1.82, 2.24) is 15.6 Å². The molecule has 148 valence electrons. The zero-order valence-corrected chi connectivity index (χ0v) is 17.2. The summed E-state index contributed by atoms with van der Waals surface area (Å²) in [4.78, 5) is 41.3. The largest absolute Gasteiger partial charge is 0.463 e. The zero-order valence-electron chi connectivity index (χ0n) is 15.5. The Labute approximate surface area is 169 Å². The quantitative estimate of drug-likeness (QED) is 0.695. The summed E-state index contributed by atoms with van der Waals surface area (Å²) in [5.74, 6) is -1.13. The van der Waals surface area contributed by atoms with Crippen LogP contribution in [0.2, 0.25) is 0 Å². The van der Waals surface area contributed by atoms with Crippen molar-refractivity contribution in [2.75, 3.05) is 13.2 Å². The molecule has 8 nitrogen and oxygen atoms in total. The lowest BCUT2D eigenvalue weighted by Crippen LogP contribution is -2.50. The van der Waals surface area contributed by atoms with Gasteiger partial charge in [0.2, 0.25) is 0 Å². The molecular weight excluding hydrogens is 402 g/mol. The molecule has 0 bridgehead atoms. The number of thiazole rings is 1. The minimum absolute atomic E-state index is 0.196. The molecule has 2 N–H and O–H groups in total. The second-order valence-corrected chi connectivity index (χ2v) is 7.73. The second-order valence-electron chi connectivity index (χ2n) is 5.95. The highest BCUT2D eigenvalue weighted by molar-refractivity contribution is 7.17. The molecular formula is C18H19N3O5S2. The van der Waals surface area contributed by atoms with Crippen LogP contribution in [0.1, 0.15) is 29.2 Å². The summed E-state index contributed by atoms with van der Waals surface area (Å²) in [6.07, 6.45) is 0. The van der Waals surface area contributed by atoms with E-state index in [9.17, 15) is 14.4 Å². The van der Waals surface area contributed by atoms with Gasteiger partial charge in [0.25, 0.3) is 0 Å². The third-order valence-electron chi connectivity index (χ3n) is 3.96. The molecule has 3 heterocycles. The van der Waals surface area contributed by atoms with Crippen LogP contribution in [0, 0.1) is 6.92 Å². The molecule has 2 amide bonds. The van der Waals surface area contributed by atoms with Gasteiger partial charge in [-0.25, -0.2) is 19.4 Å². The van der Waals surface area contributed by atoms with Crippen molar-refractivity contribution in [2.24, 2.45) is 0 Å². The Hall–Kier alpha value is -2.72. The third kappa shape index (κ3) is 4.23. The first kappa shape index (κ1) is 20.0. The molecule has 0 saturated carbocycles. The zero-order chi connectivity index (χ0) is 20.3. The maximum absolute atomic E-state index is 12.5. The number of hydrogen-bond donors (Lipinski definition) is 2. The standard InChI is InChI=1S/C18H19N3O5S2/c1-4-25-16(22)13-9(2)20-18(24)21-12(13)7-26-17(23)14-10(3)19-15(28-14)11-5-6-27-8-11/h5-6,8-9H,4,7H2,1-3H3,(H2,20,21,24). The molecule has 10 heteroatoms. The number of nitrogens with one attached hydrogen (secondary N) is 2. The molecule has 3 rings (SSSR count). The number of ether oxygens (including phenoxy) is 2. The van der Waals surface area contributed by atoms with Gasteiger partial charge in [0, 0.05) is 10.9 Å². The van der Waals surface area contributed by atoms with Crippen LogP contribution in [0.3, 0.4) is 0 Å². The van der Waals surface area contributed by atoms with Crippen LogP contribution in [-0.4, -0.2) is 42.2 Å². The van der Waals surface area contributed by atoms with E-state index in [1.165, 1.54) is 11.3 Å². The maximum Gasteiger partial charge on any atom is 0.350 e. The molecule has 0 saturated heterocycles. The molecule has 1 unspecified atom stereocenters. The van der Waals surface area contributed by atoms with Crippen LogP contribution in [0.5, 0.6) is 0 Å². The van der Waals surface area contributed by atoms with E-state index in [1.54, 1.807) is 32.1 Å². The molecule has 2 aromatic heterocycles. The fourth-order valence-corrected chi connectivity index (χ4v) is 4.36. The van der Waals surface area contributed by atoms with Crippen molar-refractivity contribution >= 4 is 40.6 Å². The van der Waals surface area contributed by atoms with Crippen molar-refractivity contribution in [3.05, 3.63) is 38.7 Å².